The van der Waals surface area contributed by atoms with E-state index in [1.54, 1.807) is 6.07 Å². The first kappa shape index (κ1) is 4.45. The molecule has 0 heterocycles. The van der Waals surface area contributed by atoms with Crippen LogP contribution in [0.2, 0.25) is 0 Å². The van der Waals surface area contributed by atoms with E-state index < -0.39 is 0 Å². The van der Waals surface area contributed by atoms with Crippen molar-refractivity contribution in [3.05, 3.63) is 0 Å². The van der Waals surface area contributed by atoms with Gasteiger partial charge < -0.3 is 4.74 Å². The Bertz CT molecular complexity index is 45.3. The average Bonchev–Trinajstić information content (AvgIpc) is 1.41. The maximum Gasteiger partial charge on any atom is 0.133 e. The monoisotopic (exact) mass is 71.0 g/mol. The summed E-state index contributed by atoms with van der Waals surface area (Å²) >= 11 is 0. The topological polar surface area (TPSA) is 33.0 Å². The molecule has 0 saturated heterocycles. The Kier molecular flexibility index (Phi) is 3.07. The van der Waals surface area contributed by atoms with Crippen molar-refractivity contribution in [1.82, 2.24) is 0 Å². The number of hydrogen-bond acceptors (Lipinski definition) is 2. The number of methoxy groups -OCH3 is 1. The van der Waals surface area contributed by atoms with Crippen LogP contribution >= 0.6 is 0 Å². The van der Waals surface area contributed by atoms with Crippen LogP contribution in [0.4, 0.5) is 0 Å². The number of nitriles is 1. The minimum Gasteiger partial charge on any atom is -0.370 e. The number of rotatable bonds is 1. The summed E-state index contributed by atoms with van der Waals surface area (Å²) in [6, 6.07) is 1.80. The van der Waals surface area contributed by atoms with Crippen LogP contribution in [0.5, 0.6) is 0 Å². The molecule has 0 rings (SSSR count). The van der Waals surface area contributed by atoms with Crippen LogP contribution in [0.25, 0.3) is 0 Å². The van der Waals surface area contributed by atoms with Crippen molar-refractivity contribution in [1.29, 1.82) is 5.26 Å². The average molecular weight is 71.1 g/mol. The van der Waals surface area contributed by atoms with Crippen LogP contribution < -0.4 is 0 Å². The lowest BCUT2D eigenvalue weighted by molar-refractivity contribution is 0.238. The number of ether oxygens (including phenoxy) is 1. The van der Waals surface area contributed by atoms with Crippen LogP contribution in [0.1, 0.15) is 0 Å². The van der Waals surface area contributed by atoms with Gasteiger partial charge in [-0.25, -0.2) is 0 Å². The molecule has 5 heavy (non-hydrogen) atoms. The molecular weight excluding hydrogens is 66.0 g/mol. The highest BCUT2D eigenvalue weighted by atomic mass is 16.5. The second-order valence-corrected chi connectivity index (χ2v) is 0.591. The van der Waals surface area contributed by atoms with Crippen molar-refractivity contribution in [3.8, 4) is 6.07 Å². The van der Waals surface area contributed by atoms with Gasteiger partial charge in [0.15, 0.2) is 0 Å². The van der Waals surface area contributed by atoms with Gasteiger partial charge >= 0.3 is 0 Å². The molecule has 0 aliphatic rings. The Morgan fingerprint density at radius 2 is 2.60 bits per heavy atom. The molecule has 0 fully saturated rings. The van der Waals surface area contributed by atoms with Gasteiger partial charge in [-0.05, 0) is 0 Å². The van der Waals surface area contributed by atoms with E-state index in [0.29, 0.717) is 0 Å². The molecule has 0 N–H and O–H groups in total. The van der Waals surface area contributed by atoms with Crippen LogP contribution in [0, 0.1) is 11.3 Å². The third kappa shape index (κ3) is 3.45. The first-order valence-corrected chi connectivity index (χ1v) is 1.27. The van der Waals surface area contributed by atoms with E-state index in [2.05, 4.69) is 4.74 Å². The van der Waals surface area contributed by atoms with Crippen LogP contribution in [-0.2, 0) is 4.74 Å². The molecule has 2 heteroatoms. The lowest BCUT2D eigenvalue weighted by atomic mass is 10.8. The molecule has 0 aliphatic carbocycles. The van der Waals surface area contributed by atoms with Crippen molar-refractivity contribution in [3.63, 3.8) is 0 Å². The van der Waals surface area contributed by atoms with E-state index in [1.807, 2.05) is 0 Å². The molecular formula is C3H5NO. The minimum absolute atomic E-state index is 0.194. The largest absolute Gasteiger partial charge is 0.370 e. The highest BCUT2D eigenvalue weighted by molar-refractivity contribution is 4.64. The van der Waals surface area contributed by atoms with Gasteiger partial charge in [-0.1, -0.05) is 0 Å². The highest BCUT2D eigenvalue weighted by Crippen LogP contribution is 1.54. The fourth-order valence-corrected chi connectivity index (χ4v) is 0.0645. The summed E-state index contributed by atoms with van der Waals surface area (Å²) in [6.45, 7) is 0.194. The molecule has 0 bridgehead atoms. The van der Waals surface area contributed by atoms with Crippen LogP contribution in [0.3, 0.4) is 0 Å². The Morgan fingerprint density at radius 3 is 2.60 bits per heavy atom. The first-order valence-electron chi connectivity index (χ1n) is 1.27. The fraction of sp³-hybridized carbons (Fsp3) is 0.667. The Balaban J connectivity index is 2.48. The maximum atomic E-state index is 7.69. The second kappa shape index (κ2) is 3.45. The second-order valence-electron chi connectivity index (χ2n) is 0.591. The zero-order chi connectivity index (χ0) is 4.12. The van der Waals surface area contributed by atoms with E-state index in [1.165, 1.54) is 7.11 Å². The van der Waals surface area contributed by atoms with Gasteiger partial charge in [0.2, 0.25) is 0 Å². The third-order valence-corrected chi connectivity index (χ3v) is 0.209. The van der Waals surface area contributed by atoms with Crippen molar-refractivity contribution in [2.75, 3.05) is 13.7 Å². The van der Waals surface area contributed by atoms with Gasteiger partial charge in [-0.3, -0.25) is 0 Å². The zero-order valence-corrected chi connectivity index (χ0v) is 3.06. The van der Waals surface area contributed by atoms with Gasteiger partial charge in [0, 0.05) is 7.11 Å². The number of hydrogen-bond donors (Lipinski definition) is 0. The number of nitrogens with zero attached hydrogens (tertiary/aromatic N) is 1. The summed E-state index contributed by atoms with van der Waals surface area (Å²) in [4.78, 5) is 0. The lowest BCUT2D eigenvalue weighted by Crippen LogP contribution is -1.77. The molecule has 0 radical (unpaired) electrons. The molecule has 0 unspecified atom stereocenters. The van der Waals surface area contributed by atoms with E-state index in [0.717, 1.165) is 0 Å². The highest BCUT2D eigenvalue weighted by Gasteiger charge is 1.62. The van der Waals surface area contributed by atoms with Crippen LogP contribution in [0.15, 0.2) is 0 Å². The third-order valence-electron chi connectivity index (χ3n) is 0.209. The Hall–Kier alpha value is -0.550. The summed E-state index contributed by atoms with van der Waals surface area (Å²) in [7, 11) is 1.49. The SMILES string of the molecule is COCC#N. The van der Waals surface area contributed by atoms with E-state index in [4.69, 9.17) is 5.26 Å². The molecule has 0 aromatic rings. The van der Waals surface area contributed by atoms with Gasteiger partial charge in [0.1, 0.15) is 6.61 Å². The predicted molar refractivity (Wildman–Crippen MR) is 17.5 cm³/mol. The fourth-order valence-electron chi connectivity index (χ4n) is 0.0645. The minimum atomic E-state index is 0.194. The summed E-state index contributed by atoms with van der Waals surface area (Å²) in [5.74, 6) is 0. The predicted octanol–water partition coefficient (Wildman–Crippen LogP) is 0.156. The summed E-state index contributed by atoms with van der Waals surface area (Å²) in [6.07, 6.45) is 0. The molecule has 0 aliphatic heterocycles. The van der Waals surface area contributed by atoms with Crippen molar-refractivity contribution in [2.24, 2.45) is 0 Å². The van der Waals surface area contributed by atoms with Gasteiger partial charge in [-0.2, -0.15) is 5.26 Å². The van der Waals surface area contributed by atoms with Crippen molar-refractivity contribution in [2.45, 2.75) is 0 Å². The molecule has 0 aromatic heterocycles. The zero-order valence-electron chi connectivity index (χ0n) is 3.06. The molecule has 2 nitrogen and oxygen atoms in total. The van der Waals surface area contributed by atoms with Gasteiger partial charge in [0.05, 0.1) is 6.07 Å². The van der Waals surface area contributed by atoms with Crippen molar-refractivity contribution < 1.29 is 4.74 Å². The Morgan fingerprint density at radius 1 is 2.00 bits per heavy atom. The standard InChI is InChI=1S/C3H5NO/c1-5-3-2-4/h3H2,1H3. The first-order chi connectivity index (χ1) is 2.41. The molecule has 0 amide bonds. The molecule has 0 atom stereocenters. The van der Waals surface area contributed by atoms with Crippen LogP contribution in [-0.4, -0.2) is 13.7 Å². The van der Waals surface area contributed by atoms with E-state index in [-0.39, 0.29) is 6.61 Å². The smallest absolute Gasteiger partial charge is 0.133 e. The quantitative estimate of drug-likeness (QED) is 0.441. The van der Waals surface area contributed by atoms with E-state index in [9.17, 15) is 0 Å². The summed E-state index contributed by atoms with van der Waals surface area (Å²) in [5.41, 5.74) is 0. The molecule has 28 valence electrons. The molecule has 0 spiro atoms. The summed E-state index contributed by atoms with van der Waals surface area (Å²) in [5, 5.41) is 7.69. The molecule has 0 saturated carbocycles. The van der Waals surface area contributed by atoms with Crippen molar-refractivity contribution >= 4 is 0 Å². The lowest BCUT2D eigenvalue weighted by Gasteiger charge is -1.74. The van der Waals surface area contributed by atoms with E-state index >= 15 is 0 Å². The van der Waals surface area contributed by atoms with Gasteiger partial charge in [-0.15, -0.1) is 0 Å². The normalized spacial score (nSPS) is 6.40. The Labute approximate surface area is 31.0 Å². The summed E-state index contributed by atoms with van der Waals surface area (Å²) < 4.78 is 4.33. The van der Waals surface area contributed by atoms with Gasteiger partial charge in [0.25, 0.3) is 0 Å². The maximum absolute atomic E-state index is 7.69. The molecule has 0 aromatic carbocycles.